The summed E-state index contributed by atoms with van der Waals surface area (Å²) in [5.74, 6) is -1.07. The lowest BCUT2D eigenvalue weighted by Gasteiger charge is -2.16. The summed E-state index contributed by atoms with van der Waals surface area (Å²) in [7, 11) is 1.28. The number of alkyl halides is 1. The molecule has 1 rings (SSSR count). The van der Waals surface area contributed by atoms with Crippen LogP contribution in [0.5, 0.6) is 5.75 Å². The van der Waals surface area contributed by atoms with Crippen molar-refractivity contribution in [3.05, 3.63) is 33.9 Å². The van der Waals surface area contributed by atoms with Crippen molar-refractivity contribution in [2.45, 2.75) is 19.1 Å². The summed E-state index contributed by atoms with van der Waals surface area (Å²) in [6.07, 6.45) is -2.09. The molecule has 2 atom stereocenters. The van der Waals surface area contributed by atoms with Crippen LogP contribution in [0.25, 0.3) is 0 Å². The van der Waals surface area contributed by atoms with Gasteiger partial charge in [-0.05, 0) is 18.6 Å². The van der Waals surface area contributed by atoms with E-state index in [9.17, 15) is 19.3 Å². The monoisotopic (exact) mass is 286 g/mol. The van der Waals surface area contributed by atoms with Crippen LogP contribution in [0.4, 0.5) is 10.1 Å². The first-order valence-electron chi connectivity index (χ1n) is 5.81. The first-order valence-corrected chi connectivity index (χ1v) is 5.81. The van der Waals surface area contributed by atoms with Crippen LogP contribution in [0, 0.1) is 10.1 Å². The number of benzene rings is 1. The molecule has 0 amide bonds. The minimum Gasteiger partial charge on any atom is -0.490 e. The van der Waals surface area contributed by atoms with Gasteiger partial charge in [-0.1, -0.05) is 6.07 Å². The Labute approximate surface area is 114 Å². The SMILES string of the molecule is CCOC(=O)C(F)[C@H](N)c1ccc(OC)c([N+](=O)[O-])c1. The number of rotatable bonds is 6. The molecule has 0 saturated carbocycles. The Balaban J connectivity index is 3.04. The van der Waals surface area contributed by atoms with Gasteiger partial charge in [-0.3, -0.25) is 10.1 Å². The molecule has 0 fully saturated rings. The van der Waals surface area contributed by atoms with E-state index in [1.807, 2.05) is 0 Å². The Kier molecular flexibility index (Phi) is 5.39. The minimum atomic E-state index is -2.09. The van der Waals surface area contributed by atoms with E-state index in [4.69, 9.17) is 10.5 Å². The van der Waals surface area contributed by atoms with Gasteiger partial charge in [0.25, 0.3) is 0 Å². The summed E-state index contributed by atoms with van der Waals surface area (Å²) in [5.41, 5.74) is 5.35. The number of nitrogens with zero attached hydrogens (tertiary/aromatic N) is 1. The predicted octanol–water partition coefficient (Wildman–Crippen LogP) is 1.50. The molecule has 1 aromatic rings. The maximum atomic E-state index is 13.8. The molecule has 8 heteroatoms. The topological polar surface area (TPSA) is 105 Å². The van der Waals surface area contributed by atoms with Gasteiger partial charge in [0.05, 0.1) is 24.7 Å². The zero-order valence-corrected chi connectivity index (χ0v) is 11.0. The number of nitro benzene ring substituents is 1. The molecule has 0 aliphatic carbocycles. The number of nitrogens with two attached hydrogens (primary N) is 1. The van der Waals surface area contributed by atoms with Crippen molar-refractivity contribution in [2.75, 3.05) is 13.7 Å². The summed E-state index contributed by atoms with van der Waals surface area (Å²) in [6, 6.07) is 2.39. The quantitative estimate of drug-likeness (QED) is 0.482. The molecular weight excluding hydrogens is 271 g/mol. The van der Waals surface area contributed by atoms with E-state index in [0.717, 1.165) is 6.07 Å². The highest BCUT2D eigenvalue weighted by atomic mass is 19.1. The van der Waals surface area contributed by atoms with Crippen molar-refractivity contribution < 1.29 is 23.6 Å². The fourth-order valence-electron chi connectivity index (χ4n) is 1.59. The van der Waals surface area contributed by atoms with Crippen LogP contribution in [0.3, 0.4) is 0 Å². The van der Waals surface area contributed by atoms with Gasteiger partial charge >= 0.3 is 11.7 Å². The van der Waals surface area contributed by atoms with Crippen molar-refractivity contribution in [1.82, 2.24) is 0 Å². The average molecular weight is 286 g/mol. The summed E-state index contributed by atoms with van der Waals surface area (Å²) in [4.78, 5) is 21.5. The van der Waals surface area contributed by atoms with Crippen LogP contribution < -0.4 is 10.5 Å². The molecule has 0 heterocycles. The van der Waals surface area contributed by atoms with Crippen molar-refractivity contribution in [3.63, 3.8) is 0 Å². The van der Waals surface area contributed by atoms with Gasteiger partial charge in [0, 0.05) is 6.07 Å². The van der Waals surface area contributed by atoms with Crippen molar-refractivity contribution in [2.24, 2.45) is 5.73 Å². The van der Waals surface area contributed by atoms with Crippen LogP contribution in [0.15, 0.2) is 18.2 Å². The molecule has 7 nitrogen and oxygen atoms in total. The largest absolute Gasteiger partial charge is 0.490 e. The number of methoxy groups -OCH3 is 1. The van der Waals surface area contributed by atoms with Crippen LogP contribution in [0.2, 0.25) is 0 Å². The number of esters is 1. The van der Waals surface area contributed by atoms with Crippen molar-refractivity contribution >= 4 is 11.7 Å². The molecular formula is C12H15FN2O5. The Morgan fingerprint density at radius 1 is 1.55 bits per heavy atom. The van der Waals surface area contributed by atoms with E-state index in [1.165, 1.54) is 26.2 Å². The molecule has 0 aliphatic heterocycles. The van der Waals surface area contributed by atoms with Crippen molar-refractivity contribution in [3.8, 4) is 5.75 Å². The highest BCUT2D eigenvalue weighted by Gasteiger charge is 2.29. The zero-order valence-electron chi connectivity index (χ0n) is 11.0. The molecule has 0 bridgehead atoms. The number of nitro groups is 1. The molecule has 0 aliphatic rings. The smallest absolute Gasteiger partial charge is 0.342 e. The van der Waals surface area contributed by atoms with Gasteiger partial charge in [-0.25, -0.2) is 9.18 Å². The Bertz CT molecular complexity index is 509. The molecule has 0 radical (unpaired) electrons. The lowest BCUT2D eigenvalue weighted by Crippen LogP contribution is -2.31. The summed E-state index contributed by atoms with van der Waals surface area (Å²) < 4.78 is 23.1. The molecule has 0 spiro atoms. The maximum Gasteiger partial charge on any atom is 0.342 e. The van der Waals surface area contributed by atoms with Crippen molar-refractivity contribution in [1.29, 1.82) is 0 Å². The number of carbonyl (C=O) groups is 1. The second kappa shape index (κ2) is 6.80. The second-order valence-electron chi connectivity index (χ2n) is 3.87. The van der Waals surface area contributed by atoms with E-state index in [-0.39, 0.29) is 23.6 Å². The summed E-state index contributed by atoms with van der Waals surface area (Å²) in [5, 5.41) is 10.9. The molecule has 20 heavy (non-hydrogen) atoms. The number of halogens is 1. The minimum absolute atomic E-state index is 0.0226. The van der Waals surface area contributed by atoms with Gasteiger partial charge < -0.3 is 15.2 Å². The zero-order chi connectivity index (χ0) is 15.3. The fraction of sp³-hybridized carbons (Fsp3) is 0.417. The van der Waals surface area contributed by atoms with Gasteiger partial charge in [-0.2, -0.15) is 0 Å². The second-order valence-corrected chi connectivity index (χ2v) is 3.87. The lowest BCUT2D eigenvalue weighted by molar-refractivity contribution is -0.385. The standard InChI is InChI=1S/C12H15FN2O5/c1-3-20-12(16)10(13)11(14)7-4-5-9(19-2)8(6-7)15(17)18/h4-6,10-11H,3,14H2,1-2H3/t10?,11-/m1/s1. The van der Waals surface area contributed by atoms with Crippen LogP contribution in [-0.2, 0) is 9.53 Å². The first kappa shape index (κ1) is 15.8. The van der Waals surface area contributed by atoms with Gasteiger partial charge in [0.15, 0.2) is 5.75 Å². The molecule has 0 saturated heterocycles. The highest BCUT2D eigenvalue weighted by molar-refractivity contribution is 5.75. The number of hydrogen-bond donors (Lipinski definition) is 1. The predicted molar refractivity (Wildman–Crippen MR) is 68.1 cm³/mol. The Morgan fingerprint density at radius 3 is 2.70 bits per heavy atom. The number of ether oxygens (including phenoxy) is 2. The van der Waals surface area contributed by atoms with Crippen LogP contribution in [-0.4, -0.2) is 30.8 Å². The van der Waals surface area contributed by atoms with E-state index in [1.54, 1.807) is 0 Å². The molecule has 0 aromatic heterocycles. The molecule has 1 aromatic carbocycles. The van der Waals surface area contributed by atoms with Gasteiger partial charge in [0.2, 0.25) is 6.17 Å². The van der Waals surface area contributed by atoms with Gasteiger partial charge in [0.1, 0.15) is 0 Å². The van der Waals surface area contributed by atoms with Crippen LogP contribution in [0.1, 0.15) is 18.5 Å². The third kappa shape index (κ3) is 3.41. The first-order chi connectivity index (χ1) is 9.42. The van der Waals surface area contributed by atoms with Crippen LogP contribution >= 0.6 is 0 Å². The van der Waals surface area contributed by atoms with E-state index < -0.39 is 23.1 Å². The highest BCUT2D eigenvalue weighted by Crippen LogP contribution is 2.30. The average Bonchev–Trinajstić information content (AvgIpc) is 2.45. The van der Waals surface area contributed by atoms with E-state index >= 15 is 0 Å². The third-order valence-electron chi connectivity index (χ3n) is 2.61. The number of carbonyl (C=O) groups excluding carboxylic acids is 1. The fourth-order valence-corrected chi connectivity index (χ4v) is 1.59. The summed E-state index contributed by atoms with van der Waals surface area (Å²) >= 11 is 0. The number of hydrogen-bond acceptors (Lipinski definition) is 6. The molecule has 2 N–H and O–H groups in total. The Hall–Kier alpha value is -2.22. The molecule has 110 valence electrons. The Morgan fingerprint density at radius 2 is 2.20 bits per heavy atom. The normalized spacial score (nSPS) is 13.4. The lowest BCUT2D eigenvalue weighted by atomic mass is 10.0. The van der Waals surface area contributed by atoms with E-state index in [0.29, 0.717) is 0 Å². The maximum absolute atomic E-state index is 13.8. The molecule has 1 unspecified atom stereocenters. The third-order valence-corrected chi connectivity index (χ3v) is 2.61. The van der Waals surface area contributed by atoms with Gasteiger partial charge in [-0.15, -0.1) is 0 Å². The van der Waals surface area contributed by atoms with E-state index in [2.05, 4.69) is 4.74 Å². The summed E-state index contributed by atoms with van der Waals surface area (Å²) in [6.45, 7) is 1.56.